The predicted molar refractivity (Wildman–Crippen MR) is 88.2 cm³/mol. The molecule has 4 nitrogen and oxygen atoms in total. The number of aliphatic hydroxyl groups excluding tert-OH is 1. The Balaban J connectivity index is 1.60. The molecule has 5 heteroatoms. The third-order valence-corrected chi connectivity index (χ3v) is 4.06. The van der Waals surface area contributed by atoms with E-state index in [0.29, 0.717) is 25.9 Å². The van der Waals surface area contributed by atoms with Crippen LogP contribution in [0.5, 0.6) is 0 Å². The van der Waals surface area contributed by atoms with Gasteiger partial charge in [0.15, 0.2) is 0 Å². The van der Waals surface area contributed by atoms with Crippen molar-refractivity contribution >= 4 is 11.6 Å². The minimum absolute atomic E-state index is 0.306. The number of rotatable bonds is 8. The van der Waals surface area contributed by atoms with Gasteiger partial charge in [-0.25, -0.2) is 0 Å². The van der Waals surface area contributed by atoms with Crippen molar-refractivity contribution in [3.8, 4) is 0 Å². The molecule has 1 fully saturated rings. The molecule has 1 aliphatic heterocycles. The highest BCUT2D eigenvalue weighted by molar-refractivity contribution is 6.30. The van der Waals surface area contributed by atoms with Crippen molar-refractivity contribution in [2.24, 2.45) is 0 Å². The summed E-state index contributed by atoms with van der Waals surface area (Å²) in [6.07, 6.45) is 3.35. The molecule has 0 radical (unpaired) electrons. The standard InChI is InChI=1S/C17H26ClNO3/c1-19(11-17-4-2-3-9-22-17)10-16(20)13-21-12-14-5-7-15(18)8-6-14/h5-8,16-17,20H,2-4,9-13H2,1H3. The first-order valence-corrected chi connectivity index (χ1v) is 8.31. The van der Waals surface area contributed by atoms with E-state index in [0.717, 1.165) is 30.2 Å². The van der Waals surface area contributed by atoms with Crippen LogP contribution in [-0.4, -0.2) is 55.6 Å². The fourth-order valence-electron chi connectivity index (χ4n) is 2.68. The molecule has 2 rings (SSSR count). The molecular formula is C17H26ClNO3. The first-order valence-electron chi connectivity index (χ1n) is 7.94. The van der Waals surface area contributed by atoms with Gasteiger partial charge in [0, 0.05) is 24.7 Å². The number of hydrogen-bond acceptors (Lipinski definition) is 4. The maximum absolute atomic E-state index is 10.0. The fraction of sp³-hybridized carbons (Fsp3) is 0.647. The van der Waals surface area contributed by atoms with E-state index in [4.69, 9.17) is 21.1 Å². The van der Waals surface area contributed by atoms with Crippen molar-refractivity contribution in [3.63, 3.8) is 0 Å². The highest BCUT2D eigenvalue weighted by Crippen LogP contribution is 2.13. The van der Waals surface area contributed by atoms with Crippen LogP contribution < -0.4 is 0 Å². The number of aliphatic hydroxyl groups is 1. The second kappa shape index (κ2) is 9.48. The van der Waals surface area contributed by atoms with Crippen LogP contribution in [0, 0.1) is 0 Å². The number of benzene rings is 1. The lowest BCUT2D eigenvalue weighted by molar-refractivity contribution is -0.0203. The Morgan fingerprint density at radius 1 is 1.36 bits per heavy atom. The van der Waals surface area contributed by atoms with Gasteiger partial charge in [-0.2, -0.15) is 0 Å². The summed E-state index contributed by atoms with van der Waals surface area (Å²) >= 11 is 5.84. The highest BCUT2D eigenvalue weighted by atomic mass is 35.5. The molecule has 1 heterocycles. The van der Waals surface area contributed by atoms with E-state index in [2.05, 4.69) is 4.90 Å². The van der Waals surface area contributed by atoms with Gasteiger partial charge in [-0.15, -0.1) is 0 Å². The normalized spacial score (nSPS) is 20.3. The first kappa shape index (κ1) is 17.7. The third kappa shape index (κ3) is 6.63. The van der Waals surface area contributed by atoms with Gasteiger partial charge in [-0.3, -0.25) is 0 Å². The second-order valence-corrected chi connectivity index (χ2v) is 6.44. The van der Waals surface area contributed by atoms with E-state index in [1.165, 1.54) is 12.8 Å². The summed E-state index contributed by atoms with van der Waals surface area (Å²) in [6.45, 7) is 3.15. The van der Waals surface area contributed by atoms with E-state index < -0.39 is 6.10 Å². The van der Waals surface area contributed by atoms with Gasteiger partial charge in [0.2, 0.25) is 0 Å². The third-order valence-electron chi connectivity index (χ3n) is 3.80. The smallest absolute Gasteiger partial charge is 0.0900 e. The van der Waals surface area contributed by atoms with Gasteiger partial charge in [-0.1, -0.05) is 23.7 Å². The summed E-state index contributed by atoms with van der Waals surface area (Å²) in [7, 11) is 2.01. The molecule has 2 unspecified atom stereocenters. The summed E-state index contributed by atoms with van der Waals surface area (Å²) in [5, 5.41) is 10.8. The monoisotopic (exact) mass is 327 g/mol. The predicted octanol–water partition coefficient (Wildman–Crippen LogP) is 2.72. The highest BCUT2D eigenvalue weighted by Gasteiger charge is 2.17. The molecule has 1 aromatic rings. The lowest BCUT2D eigenvalue weighted by Gasteiger charge is -2.28. The Morgan fingerprint density at radius 2 is 2.14 bits per heavy atom. The molecule has 0 amide bonds. The van der Waals surface area contributed by atoms with Crippen LogP contribution in [0.1, 0.15) is 24.8 Å². The zero-order valence-electron chi connectivity index (χ0n) is 13.2. The molecule has 1 aliphatic rings. The van der Waals surface area contributed by atoms with Gasteiger partial charge in [-0.05, 0) is 44.0 Å². The van der Waals surface area contributed by atoms with E-state index in [-0.39, 0.29) is 0 Å². The maximum atomic E-state index is 10.0. The molecule has 2 atom stereocenters. The molecule has 0 aliphatic carbocycles. The maximum Gasteiger partial charge on any atom is 0.0900 e. The van der Waals surface area contributed by atoms with Crippen LogP contribution >= 0.6 is 11.6 Å². The lowest BCUT2D eigenvalue weighted by Crippen LogP contribution is -2.38. The average Bonchev–Trinajstić information content (AvgIpc) is 2.50. The first-order chi connectivity index (χ1) is 10.6. The van der Waals surface area contributed by atoms with Gasteiger partial charge in [0.25, 0.3) is 0 Å². The molecule has 124 valence electrons. The number of halogens is 1. The van der Waals surface area contributed by atoms with Crippen LogP contribution in [0.2, 0.25) is 5.02 Å². The molecule has 1 saturated heterocycles. The summed E-state index contributed by atoms with van der Waals surface area (Å²) in [5.74, 6) is 0. The van der Waals surface area contributed by atoms with Gasteiger partial charge >= 0.3 is 0 Å². The minimum Gasteiger partial charge on any atom is -0.389 e. The van der Waals surface area contributed by atoms with Crippen molar-refractivity contribution in [1.29, 1.82) is 0 Å². The topological polar surface area (TPSA) is 41.9 Å². The van der Waals surface area contributed by atoms with Crippen LogP contribution in [0.4, 0.5) is 0 Å². The molecule has 1 aromatic carbocycles. The van der Waals surface area contributed by atoms with Crippen LogP contribution in [0.25, 0.3) is 0 Å². The summed E-state index contributed by atoms with van der Waals surface area (Å²) < 4.78 is 11.3. The Bertz CT molecular complexity index is 420. The number of nitrogens with zero attached hydrogens (tertiary/aromatic N) is 1. The molecule has 0 spiro atoms. The SMILES string of the molecule is CN(CC(O)COCc1ccc(Cl)cc1)CC1CCCCO1. The Labute approximate surface area is 138 Å². The van der Waals surface area contributed by atoms with Crippen molar-refractivity contribution in [2.75, 3.05) is 33.4 Å². The fourth-order valence-corrected chi connectivity index (χ4v) is 2.81. The summed E-state index contributed by atoms with van der Waals surface area (Å²) in [5.41, 5.74) is 1.06. The largest absolute Gasteiger partial charge is 0.389 e. The van der Waals surface area contributed by atoms with Crippen molar-refractivity contribution in [3.05, 3.63) is 34.9 Å². The van der Waals surface area contributed by atoms with E-state index in [9.17, 15) is 5.11 Å². The average molecular weight is 328 g/mol. The Kier molecular flexibility index (Phi) is 7.63. The zero-order chi connectivity index (χ0) is 15.8. The Hall–Kier alpha value is -0.650. The molecule has 0 saturated carbocycles. The number of hydrogen-bond donors (Lipinski definition) is 1. The zero-order valence-corrected chi connectivity index (χ0v) is 14.0. The van der Waals surface area contributed by atoms with Crippen LogP contribution in [0.15, 0.2) is 24.3 Å². The van der Waals surface area contributed by atoms with E-state index in [1.807, 2.05) is 31.3 Å². The molecule has 0 bridgehead atoms. The molecule has 0 aromatic heterocycles. The van der Waals surface area contributed by atoms with Crippen LogP contribution in [-0.2, 0) is 16.1 Å². The Morgan fingerprint density at radius 3 is 2.82 bits per heavy atom. The van der Waals surface area contributed by atoms with Crippen molar-refractivity contribution in [1.82, 2.24) is 4.90 Å². The van der Waals surface area contributed by atoms with Gasteiger partial charge < -0.3 is 19.5 Å². The van der Waals surface area contributed by atoms with Gasteiger partial charge in [0.1, 0.15) is 0 Å². The lowest BCUT2D eigenvalue weighted by atomic mass is 10.1. The van der Waals surface area contributed by atoms with Crippen molar-refractivity contribution in [2.45, 2.75) is 38.1 Å². The van der Waals surface area contributed by atoms with E-state index >= 15 is 0 Å². The summed E-state index contributed by atoms with van der Waals surface area (Å²) in [4.78, 5) is 2.12. The van der Waals surface area contributed by atoms with Crippen LogP contribution in [0.3, 0.4) is 0 Å². The second-order valence-electron chi connectivity index (χ2n) is 6.01. The molecular weight excluding hydrogens is 302 g/mol. The summed E-state index contributed by atoms with van der Waals surface area (Å²) in [6, 6.07) is 7.55. The molecule has 1 N–H and O–H groups in total. The van der Waals surface area contributed by atoms with E-state index in [1.54, 1.807) is 0 Å². The quantitative estimate of drug-likeness (QED) is 0.797. The number of likely N-dealkylation sites (N-methyl/N-ethyl adjacent to an activating group) is 1. The van der Waals surface area contributed by atoms with Gasteiger partial charge in [0.05, 0.1) is 25.4 Å². The molecule has 22 heavy (non-hydrogen) atoms. The number of ether oxygens (including phenoxy) is 2. The minimum atomic E-state index is -0.485. The van der Waals surface area contributed by atoms with Crippen molar-refractivity contribution < 1.29 is 14.6 Å².